The minimum Gasteiger partial charge on any atom is -0.330 e. The molecule has 1 fully saturated rings. The van der Waals surface area contributed by atoms with Gasteiger partial charge < -0.3 is 5.73 Å². The Bertz CT molecular complexity index is 500. The number of halogens is 1. The molecule has 0 heterocycles. The highest BCUT2D eigenvalue weighted by atomic mass is 32.2. The number of hydrogen-bond donors (Lipinski definition) is 1. The van der Waals surface area contributed by atoms with Gasteiger partial charge in [0.15, 0.2) is 9.84 Å². The summed E-state index contributed by atoms with van der Waals surface area (Å²) in [6, 6.07) is 6.08. The van der Waals surface area contributed by atoms with Gasteiger partial charge in [0.25, 0.3) is 0 Å². The van der Waals surface area contributed by atoms with Crippen molar-refractivity contribution in [1.82, 2.24) is 0 Å². The summed E-state index contributed by atoms with van der Waals surface area (Å²) < 4.78 is 36.0. The smallest absolute Gasteiger partial charge is 0.151 e. The third-order valence-electron chi connectivity index (χ3n) is 3.10. The second-order valence-electron chi connectivity index (χ2n) is 4.27. The van der Waals surface area contributed by atoms with E-state index in [0.29, 0.717) is 6.54 Å². The molecule has 0 spiro atoms. The quantitative estimate of drug-likeness (QED) is 0.858. The molecule has 1 aliphatic rings. The maximum Gasteiger partial charge on any atom is 0.151 e. The molecule has 0 saturated heterocycles. The highest BCUT2D eigenvalue weighted by Crippen LogP contribution is 2.51. The molecule has 3 atom stereocenters. The number of nitrogens with two attached hydrogens (primary N) is 1. The van der Waals surface area contributed by atoms with Crippen LogP contribution in [-0.2, 0) is 9.84 Å². The zero-order valence-electron chi connectivity index (χ0n) is 8.93. The maximum absolute atomic E-state index is 13.0. The Morgan fingerprint density at radius 3 is 2.56 bits per heavy atom. The highest BCUT2D eigenvalue weighted by Gasteiger charge is 2.56. The first-order valence-corrected chi connectivity index (χ1v) is 7.05. The summed E-state index contributed by atoms with van der Waals surface area (Å²) in [6.45, 7) is 0.318. The largest absolute Gasteiger partial charge is 0.330 e. The molecule has 3 nitrogen and oxygen atoms in total. The monoisotopic (exact) mass is 243 g/mol. The lowest BCUT2D eigenvalue weighted by molar-refractivity contribution is 0.597. The maximum atomic E-state index is 13.0. The highest BCUT2D eigenvalue weighted by molar-refractivity contribution is 7.91. The molecular formula is C11H14FNO2S. The van der Waals surface area contributed by atoms with Crippen molar-refractivity contribution in [3.63, 3.8) is 0 Å². The fourth-order valence-electron chi connectivity index (χ4n) is 2.36. The van der Waals surface area contributed by atoms with Crippen LogP contribution in [-0.4, -0.2) is 26.5 Å². The molecule has 2 N–H and O–H groups in total. The van der Waals surface area contributed by atoms with E-state index in [9.17, 15) is 12.8 Å². The average molecular weight is 243 g/mol. The summed E-state index contributed by atoms with van der Waals surface area (Å²) in [5.74, 6) is -0.556. The van der Waals surface area contributed by atoms with Gasteiger partial charge in [0, 0.05) is 12.2 Å². The second kappa shape index (κ2) is 3.82. The molecule has 16 heavy (non-hydrogen) atoms. The number of rotatable bonds is 3. The molecule has 0 bridgehead atoms. The summed E-state index contributed by atoms with van der Waals surface area (Å²) in [5.41, 5.74) is 6.26. The lowest BCUT2D eigenvalue weighted by Crippen LogP contribution is -2.11. The fourth-order valence-corrected chi connectivity index (χ4v) is 4.07. The third-order valence-corrected chi connectivity index (χ3v) is 4.73. The molecule has 1 aliphatic carbocycles. The van der Waals surface area contributed by atoms with Crippen molar-refractivity contribution in [3.05, 3.63) is 35.6 Å². The van der Waals surface area contributed by atoms with Gasteiger partial charge in [-0.05, 0) is 30.2 Å². The van der Waals surface area contributed by atoms with Crippen molar-refractivity contribution >= 4 is 9.84 Å². The van der Waals surface area contributed by atoms with Gasteiger partial charge in [-0.2, -0.15) is 0 Å². The second-order valence-corrected chi connectivity index (χ2v) is 6.48. The van der Waals surface area contributed by atoms with Crippen molar-refractivity contribution in [2.45, 2.75) is 11.2 Å². The Balaban J connectivity index is 2.30. The first-order valence-electron chi connectivity index (χ1n) is 5.09. The minimum absolute atomic E-state index is 0.0724. The van der Waals surface area contributed by atoms with E-state index >= 15 is 0 Å². The van der Waals surface area contributed by atoms with Crippen LogP contribution in [0.15, 0.2) is 24.3 Å². The fraction of sp³-hybridized carbons (Fsp3) is 0.455. The Hall–Kier alpha value is -0.940. The van der Waals surface area contributed by atoms with Gasteiger partial charge >= 0.3 is 0 Å². The molecular weight excluding hydrogens is 229 g/mol. The van der Waals surface area contributed by atoms with Crippen LogP contribution in [0.3, 0.4) is 0 Å². The van der Waals surface area contributed by atoms with E-state index in [4.69, 9.17) is 5.73 Å². The third kappa shape index (κ3) is 1.97. The van der Waals surface area contributed by atoms with Crippen molar-refractivity contribution in [3.8, 4) is 0 Å². The topological polar surface area (TPSA) is 60.2 Å². The average Bonchev–Trinajstić information content (AvgIpc) is 2.91. The molecule has 1 aromatic carbocycles. The minimum atomic E-state index is -3.10. The Morgan fingerprint density at radius 2 is 2.12 bits per heavy atom. The molecule has 0 amide bonds. The van der Waals surface area contributed by atoms with Gasteiger partial charge in [-0.25, -0.2) is 12.8 Å². The molecule has 1 saturated carbocycles. The van der Waals surface area contributed by atoms with Crippen LogP contribution in [0, 0.1) is 11.7 Å². The zero-order chi connectivity index (χ0) is 11.9. The molecule has 0 radical (unpaired) electrons. The normalized spacial score (nSPS) is 29.1. The summed E-state index contributed by atoms with van der Waals surface area (Å²) in [4.78, 5) is 0. The van der Waals surface area contributed by atoms with E-state index in [2.05, 4.69) is 0 Å². The first kappa shape index (κ1) is 11.5. The van der Waals surface area contributed by atoms with Crippen LogP contribution in [0.5, 0.6) is 0 Å². The van der Waals surface area contributed by atoms with E-state index in [1.165, 1.54) is 18.4 Å². The molecule has 88 valence electrons. The molecule has 1 aromatic rings. The van der Waals surface area contributed by atoms with Crippen LogP contribution < -0.4 is 5.73 Å². The number of sulfone groups is 1. The van der Waals surface area contributed by atoms with Crippen LogP contribution in [0.25, 0.3) is 0 Å². The summed E-state index contributed by atoms with van der Waals surface area (Å²) in [6.07, 6.45) is 1.21. The molecule has 0 unspecified atom stereocenters. The van der Waals surface area contributed by atoms with E-state index in [-0.39, 0.29) is 17.7 Å². The number of benzene rings is 1. The van der Waals surface area contributed by atoms with Gasteiger partial charge in [0.05, 0.1) is 5.25 Å². The van der Waals surface area contributed by atoms with Crippen LogP contribution >= 0.6 is 0 Å². The van der Waals surface area contributed by atoms with Crippen molar-refractivity contribution in [2.75, 3.05) is 12.8 Å². The van der Waals surface area contributed by atoms with E-state index in [0.717, 1.165) is 5.56 Å². The predicted molar refractivity (Wildman–Crippen MR) is 60.3 cm³/mol. The van der Waals surface area contributed by atoms with Gasteiger partial charge in [-0.3, -0.25) is 0 Å². The molecule has 0 aromatic heterocycles. The standard InChI is InChI=1S/C11H14FNO2S/c1-16(14,15)11-9(6-13)10(11)7-3-2-4-8(12)5-7/h2-5,9-11H,6,13H2,1H3/t9-,10+,11+/m0/s1. The van der Waals surface area contributed by atoms with Gasteiger partial charge in [-0.1, -0.05) is 12.1 Å². The summed E-state index contributed by atoms with van der Waals surface area (Å²) >= 11 is 0. The molecule has 0 aliphatic heterocycles. The van der Waals surface area contributed by atoms with Crippen LogP contribution in [0.2, 0.25) is 0 Å². The van der Waals surface area contributed by atoms with E-state index in [1.807, 2.05) is 0 Å². The van der Waals surface area contributed by atoms with Gasteiger partial charge in [-0.15, -0.1) is 0 Å². The zero-order valence-corrected chi connectivity index (χ0v) is 9.75. The SMILES string of the molecule is CS(=O)(=O)[C@@H]1[C@@H](CN)[C@H]1c1cccc(F)c1. The lowest BCUT2D eigenvalue weighted by Gasteiger charge is -1.99. The van der Waals surface area contributed by atoms with Crippen molar-refractivity contribution in [1.29, 1.82) is 0 Å². The Labute approximate surface area is 94.4 Å². The van der Waals surface area contributed by atoms with Gasteiger partial charge in [0.2, 0.25) is 0 Å². The summed E-state index contributed by atoms with van der Waals surface area (Å²) in [5, 5.41) is -0.445. The van der Waals surface area contributed by atoms with Gasteiger partial charge in [0.1, 0.15) is 5.82 Å². The van der Waals surface area contributed by atoms with E-state index < -0.39 is 15.1 Å². The van der Waals surface area contributed by atoms with Crippen molar-refractivity contribution < 1.29 is 12.8 Å². The number of hydrogen-bond acceptors (Lipinski definition) is 3. The van der Waals surface area contributed by atoms with E-state index in [1.54, 1.807) is 12.1 Å². The first-order chi connectivity index (χ1) is 7.45. The van der Waals surface area contributed by atoms with Crippen molar-refractivity contribution in [2.24, 2.45) is 11.7 Å². The Kier molecular flexibility index (Phi) is 2.75. The molecule has 2 rings (SSSR count). The van der Waals surface area contributed by atoms with Crippen LogP contribution in [0.1, 0.15) is 11.5 Å². The molecule has 5 heteroatoms. The summed E-state index contributed by atoms with van der Waals surface area (Å²) in [7, 11) is -3.10. The predicted octanol–water partition coefficient (Wildman–Crippen LogP) is 0.911. The van der Waals surface area contributed by atoms with Crippen LogP contribution in [0.4, 0.5) is 4.39 Å². The lowest BCUT2D eigenvalue weighted by atomic mass is 10.1. The Morgan fingerprint density at radius 1 is 1.44 bits per heavy atom.